The van der Waals surface area contributed by atoms with Crippen LogP contribution in [0.3, 0.4) is 0 Å². The molecule has 1 saturated heterocycles. The van der Waals surface area contributed by atoms with E-state index in [2.05, 4.69) is 15.6 Å². The highest BCUT2D eigenvalue weighted by Gasteiger charge is 2.54. The van der Waals surface area contributed by atoms with Crippen LogP contribution < -0.4 is 10.6 Å². The number of esters is 1. The van der Waals surface area contributed by atoms with E-state index in [-0.39, 0.29) is 46.4 Å². The maximum absolute atomic E-state index is 13.5. The van der Waals surface area contributed by atoms with E-state index in [0.717, 1.165) is 21.8 Å². The Labute approximate surface area is 254 Å². The van der Waals surface area contributed by atoms with Gasteiger partial charge in [-0.1, -0.05) is 36.4 Å². The summed E-state index contributed by atoms with van der Waals surface area (Å²) >= 11 is 2.23. The second-order valence-electron chi connectivity index (χ2n) is 10.4. The summed E-state index contributed by atoms with van der Waals surface area (Å²) in [7, 11) is 0. The lowest BCUT2D eigenvalue weighted by molar-refractivity contribution is -0.153. The number of benzene rings is 1. The number of rotatable bonds is 10. The Hall–Kier alpha value is -4.21. The van der Waals surface area contributed by atoms with Crippen LogP contribution in [0.4, 0.5) is 9.93 Å². The van der Waals surface area contributed by atoms with Crippen LogP contribution in [0.1, 0.15) is 38.4 Å². The molecular weight excluding hydrogens is 600 g/mol. The Bertz CT molecular complexity index is 1480. The van der Waals surface area contributed by atoms with Gasteiger partial charge in [-0.2, -0.15) is 0 Å². The number of hydrogen-bond donors (Lipinski definition) is 4. The van der Waals surface area contributed by atoms with Crippen LogP contribution in [0.5, 0.6) is 0 Å². The van der Waals surface area contributed by atoms with Gasteiger partial charge >= 0.3 is 18.0 Å². The molecule has 4 N–H and O–H groups in total. The number of carboxylic acids is 1. The van der Waals surface area contributed by atoms with Gasteiger partial charge in [0.15, 0.2) is 5.13 Å². The number of thiazole rings is 1. The number of carboxylic acid groups (broad SMARTS) is 1. The van der Waals surface area contributed by atoms with E-state index in [1.54, 1.807) is 32.9 Å². The molecule has 3 amide bonds. The van der Waals surface area contributed by atoms with Crippen molar-refractivity contribution in [1.82, 2.24) is 15.2 Å². The van der Waals surface area contributed by atoms with Crippen molar-refractivity contribution >= 4 is 63.6 Å². The van der Waals surface area contributed by atoms with E-state index in [1.807, 2.05) is 18.2 Å². The Morgan fingerprint density at radius 3 is 2.56 bits per heavy atom. The number of nitrogens with zero attached hydrogens (tertiary/aromatic N) is 2. The van der Waals surface area contributed by atoms with Gasteiger partial charge in [-0.05, 0) is 31.9 Å². The first-order chi connectivity index (χ1) is 20.4. The van der Waals surface area contributed by atoms with Crippen LogP contribution in [0.15, 0.2) is 53.1 Å². The molecule has 0 aliphatic carbocycles. The second-order valence-corrected chi connectivity index (χ2v) is 12.4. The minimum atomic E-state index is -1.35. The van der Waals surface area contributed by atoms with Gasteiger partial charge in [0.25, 0.3) is 11.8 Å². The number of nitrogens with one attached hydrogen (secondary N) is 2. The smallest absolute Gasteiger partial charge is 0.413 e. The number of fused-ring (bicyclic) bond motifs is 1. The van der Waals surface area contributed by atoms with Crippen molar-refractivity contribution < 1.29 is 43.7 Å². The van der Waals surface area contributed by atoms with Crippen molar-refractivity contribution in [1.29, 1.82) is 0 Å². The fourth-order valence-electron chi connectivity index (χ4n) is 4.21. The Balaban J connectivity index is 1.49. The summed E-state index contributed by atoms with van der Waals surface area (Å²) in [6.07, 6.45) is 0.276. The van der Waals surface area contributed by atoms with Gasteiger partial charge in [0, 0.05) is 11.1 Å². The molecule has 43 heavy (non-hydrogen) atoms. The highest BCUT2D eigenvalue weighted by atomic mass is 32.2. The minimum Gasteiger partial charge on any atom is -0.477 e. The molecule has 1 aromatic carbocycles. The zero-order valence-corrected chi connectivity index (χ0v) is 25.1. The summed E-state index contributed by atoms with van der Waals surface area (Å²) in [4.78, 5) is 68.2. The number of carbonyl (C=O) groups is 5. The van der Waals surface area contributed by atoms with Crippen LogP contribution in [0.2, 0.25) is 0 Å². The van der Waals surface area contributed by atoms with Crippen molar-refractivity contribution in [2.24, 2.45) is 0 Å². The van der Waals surface area contributed by atoms with Gasteiger partial charge in [0.05, 0.1) is 24.3 Å². The molecule has 4 rings (SSSR count). The quantitative estimate of drug-likeness (QED) is 0.172. The number of ether oxygens (including phenoxy) is 2. The van der Waals surface area contributed by atoms with Crippen molar-refractivity contribution in [3.63, 3.8) is 0 Å². The maximum atomic E-state index is 13.5. The SMILES string of the molecule is CC(C)(C)OC(=O)CC=C(C(=O)N[C@@H]1C(=O)N2C(C(=O)O)=C(CO)CS[C@@H]12)c1csc(NC(=O)OCc2ccccc2)n1. The predicted molar refractivity (Wildman–Crippen MR) is 158 cm³/mol. The highest BCUT2D eigenvalue weighted by molar-refractivity contribution is 8.00. The zero-order chi connectivity index (χ0) is 31.3. The van der Waals surface area contributed by atoms with Crippen molar-refractivity contribution in [2.45, 2.75) is 50.8 Å². The molecule has 228 valence electrons. The lowest BCUT2D eigenvalue weighted by atomic mass is 10.0. The molecule has 13 nitrogen and oxygen atoms in total. The number of hydrogen-bond acceptors (Lipinski definition) is 11. The van der Waals surface area contributed by atoms with Gasteiger partial charge < -0.3 is 25.0 Å². The number of aliphatic hydroxyl groups excluding tert-OH is 1. The van der Waals surface area contributed by atoms with E-state index in [9.17, 15) is 34.2 Å². The number of aromatic nitrogens is 1. The normalized spacial score (nSPS) is 18.4. The third kappa shape index (κ3) is 7.80. The van der Waals surface area contributed by atoms with Gasteiger partial charge in [-0.25, -0.2) is 14.6 Å². The highest BCUT2D eigenvalue weighted by Crippen LogP contribution is 2.40. The summed E-state index contributed by atoms with van der Waals surface area (Å²) < 4.78 is 10.5. The number of aliphatic carboxylic acids is 1. The van der Waals surface area contributed by atoms with Crippen LogP contribution in [0, 0.1) is 0 Å². The number of thioether (sulfide) groups is 1. The maximum Gasteiger partial charge on any atom is 0.413 e. The third-order valence-electron chi connectivity index (χ3n) is 6.07. The molecule has 15 heteroatoms. The molecule has 0 spiro atoms. The van der Waals surface area contributed by atoms with E-state index >= 15 is 0 Å². The van der Waals surface area contributed by atoms with E-state index < -0.39 is 53.5 Å². The van der Waals surface area contributed by atoms with Crippen molar-refractivity contribution in [3.8, 4) is 0 Å². The average Bonchev–Trinajstić information content (AvgIpc) is 3.41. The summed E-state index contributed by atoms with van der Waals surface area (Å²) in [6.45, 7) is 4.64. The van der Waals surface area contributed by atoms with Gasteiger partial charge in [-0.15, -0.1) is 23.1 Å². The summed E-state index contributed by atoms with van der Waals surface area (Å²) in [5, 5.41) is 25.2. The van der Waals surface area contributed by atoms with Crippen LogP contribution in [-0.4, -0.2) is 79.3 Å². The molecule has 0 unspecified atom stereocenters. The number of carbonyl (C=O) groups excluding carboxylic acids is 4. The van der Waals surface area contributed by atoms with E-state index in [1.165, 1.54) is 23.2 Å². The molecule has 0 bridgehead atoms. The molecule has 2 aliphatic rings. The summed E-state index contributed by atoms with van der Waals surface area (Å²) in [5.74, 6) is -3.17. The minimum absolute atomic E-state index is 0.0402. The predicted octanol–water partition coefficient (Wildman–Crippen LogP) is 2.74. The van der Waals surface area contributed by atoms with Gasteiger partial charge in [0.1, 0.15) is 29.3 Å². The van der Waals surface area contributed by atoms with Gasteiger partial charge in [-0.3, -0.25) is 24.6 Å². The Morgan fingerprint density at radius 1 is 1.19 bits per heavy atom. The molecule has 2 aliphatic heterocycles. The number of β-lactam (4-membered cyclic amide) rings is 1. The summed E-state index contributed by atoms with van der Waals surface area (Å²) in [6, 6.07) is 8.02. The van der Waals surface area contributed by atoms with Crippen LogP contribution in [0.25, 0.3) is 5.57 Å². The molecule has 2 aromatic rings. The third-order valence-corrected chi connectivity index (χ3v) is 8.16. The number of anilines is 1. The molecule has 0 radical (unpaired) electrons. The lowest BCUT2D eigenvalue weighted by Crippen LogP contribution is -2.70. The topological polar surface area (TPSA) is 184 Å². The van der Waals surface area contributed by atoms with E-state index in [0.29, 0.717) is 0 Å². The fourth-order valence-corrected chi connectivity index (χ4v) is 6.24. The summed E-state index contributed by atoms with van der Waals surface area (Å²) in [5.41, 5.74) is 0.0169. The standard InChI is InChI=1S/C28H30N4O9S2/c1-28(2,3)41-19(34)10-9-17(18-14-43-26(29-18)31-27(39)40-12-15-7-5-4-6-8-15)22(35)30-20-23(36)32-21(25(37)38)16(11-33)13-42-24(20)32/h4-9,14,20,24,33H,10-13H2,1-3H3,(H,30,35)(H,37,38)(H,29,31,39)/t20-,24+/m1/s1. The first-order valence-corrected chi connectivity index (χ1v) is 15.0. The number of aliphatic hydroxyl groups is 1. The van der Waals surface area contributed by atoms with Gasteiger partial charge in [0.2, 0.25) is 0 Å². The van der Waals surface area contributed by atoms with Crippen molar-refractivity contribution in [3.05, 3.63) is 64.3 Å². The monoisotopic (exact) mass is 630 g/mol. The first kappa shape index (κ1) is 31.7. The van der Waals surface area contributed by atoms with Crippen LogP contribution >= 0.6 is 23.1 Å². The largest absolute Gasteiger partial charge is 0.477 e. The Kier molecular flexibility index (Phi) is 9.88. The molecule has 1 aromatic heterocycles. The lowest BCUT2D eigenvalue weighted by Gasteiger charge is -2.49. The molecule has 3 heterocycles. The average molecular weight is 631 g/mol. The second kappa shape index (κ2) is 13.4. The number of amides is 3. The van der Waals surface area contributed by atoms with Crippen molar-refractivity contribution in [2.75, 3.05) is 17.7 Å². The first-order valence-electron chi connectivity index (χ1n) is 13.0. The molecular formula is C28H30N4O9S2. The molecule has 1 fully saturated rings. The van der Waals surface area contributed by atoms with Crippen LogP contribution in [-0.2, 0) is 35.3 Å². The van der Waals surface area contributed by atoms with E-state index in [4.69, 9.17) is 9.47 Å². The fraction of sp³-hybridized carbons (Fsp3) is 0.357. The molecule has 2 atom stereocenters. The zero-order valence-electron chi connectivity index (χ0n) is 23.5. The Morgan fingerprint density at radius 2 is 1.91 bits per heavy atom. The molecule has 0 saturated carbocycles.